The van der Waals surface area contributed by atoms with Crippen molar-refractivity contribution in [3.05, 3.63) is 175 Å². The first-order valence-corrected chi connectivity index (χ1v) is 19.0. The summed E-state index contributed by atoms with van der Waals surface area (Å²) in [4.78, 5) is 5.45. The lowest BCUT2D eigenvalue weighted by Gasteiger charge is -2.35. The molecule has 0 unspecified atom stereocenters. The number of rotatable bonds is 4. The van der Waals surface area contributed by atoms with E-state index in [1.165, 1.54) is 90.9 Å². The van der Waals surface area contributed by atoms with Gasteiger partial charge in [-0.1, -0.05) is 188 Å². The van der Waals surface area contributed by atoms with Crippen LogP contribution in [0.15, 0.2) is 183 Å². The van der Waals surface area contributed by atoms with Crippen LogP contribution in [0.25, 0.3) is 43.8 Å². The minimum atomic E-state index is -0.106. The highest BCUT2D eigenvalue weighted by Crippen LogP contribution is 2.47. The molecule has 236 valence electrons. The smallest absolute Gasteiger partial charge is 0.0911 e. The minimum absolute atomic E-state index is 0.106. The molecule has 0 aromatic heterocycles. The first-order chi connectivity index (χ1) is 24.6. The number of fused-ring (bicyclic) bond motifs is 6. The highest BCUT2D eigenvalue weighted by Gasteiger charge is 2.39. The summed E-state index contributed by atoms with van der Waals surface area (Å²) < 4.78 is 0. The van der Waals surface area contributed by atoms with Gasteiger partial charge in [0.2, 0.25) is 6.71 Å². The molecule has 8 aromatic carbocycles. The van der Waals surface area contributed by atoms with Gasteiger partial charge in [0, 0.05) is 25.0 Å². The van der Waals surface area contributed by atoms with Crippen molar-refractivity contribution in [1.29, 1.82) is 0 Å². The molecule has 0 fully saturated rings. The fourth-order valence-corrected chi connectivity index (χ4v) is 10.8. The van der Waals surface area contributed by atoms with Gasteiger partial charge in [0.25, 0.3) is 0 Å². The van der Waals surface area contributed by atoms with E-state index in [4.69, 9.17) is 0 Å². The highest BCUT2D eigenvalue weighted by atomic mass is 32.2. The predicted molar refractivity (Wildman–Crippen MR) is 217 cm³/mol. The molecule has 0 bridgehead atoms. The normalized spacial score (nSPS) is 13.2. The maximum absolute atomic E-state index is 2.51. The number of hydrogen-bond acceptors (Lipinski definition) is 2. The van der Waals surface area contributed by atoms with Crippen molar-refractivity contribution in [1.82, 2.24) is 0 Å². The SMILES string of the molecule is CC(C)(c1ccccc1)c1ccc2c(c1)B1c3ccccc3Sc3cc(-c4c5ccccc5c(-c5ccccc5)c5ccccc45)cc(c31)S2. The van der Waals surface area contributed by atoms with Crippen LogP contribution in [0.5, 0.6) is 0 Å². The Kier molecular flexibility index (Phi) is 6.91. The van der Waals surface area contributed by atoms with Crippen LogP contribution >= 0.6 is 23.5 Å². The van der Waals surface area contributed by atoms with Crippen LogP contribution in [0.2, 0.25) is 0 Å². The first-order valence-electron chi connectivity index (χ1n) is 17.4. The number of hydrogen-bond donors (Lipinski definition) is 0. The third-order valence-corrected chi connectivity index (χ3v) is 13.2. The Labute approximate surface area is 302 Å². The van der Waals surface area contributed by atoms with Gasteiger partial charge >= 0.3 is 0 Å². The maximum atomic E-state index is 2.51. The van der Waals surface area contributed by atoms with Gasteiger partial charge < -0.3 is 0 Å². The van der Waals surface area contributed by atoms with Crippen LogP contribution in [-0.4, -0.2) is 6.71 Å². The lowest BCUT2D eigenvalue weighted by atomic mass is 9.36. The Morgan fingerprint density at radius 2 is 0.900 bits per heavy atom. The fraction of sp³-hybridized carbons (Fsp3) is 0.0638. The zero-order valence-corrected chi connectivity index (χ0v) is 29.6. The first kappa shape index (κ1) is 29.9. The van der Waals surface area contributed by atoms with Gasteiger partial charge in [-0.2, -0.15) is 0 Å². The van der Waals surface area contributed by atoms with Crippen molar-refractivity contribution in [3.63, 3.8) is 0 Å². The lowest BCUT2D eigenvalue weighted by Crippen LogP contribution is -2.58. The molecule has 0 spiro atoms. The fourth-order valence-electron chi connectivity index (χ4n) is 8.36. The van der Waals surface area contributed by atoms with Gasteiger partial charge in [-0.05, 0) is 84.7 Å². The van der Waals surface area contributed by atoms with Crippen molar-refractivity contribution in [3.8, 4) is 22.3 Å². The van der Waals surface area contributed by atoms with Gasteiger partial charge in [-0.15, -0.1) is 0 Å². The van der Waals surface area contributed by atoms with Crippen molar-refractivity contribution in [2.75, 3.05) is 0 Å². The van der Waals surface area contributed by atoms with Gasteiger partial charge in [0.05, 0.1) is 0 Å². The molecule has 0 radical (unpaired) electrons. The molecule has 2 aliphatic heterocycles. The topological polar surface area (TPSA) is 0 Å². The van der Waals surface area contributed by atoms with E-state index < -0.39 is 0 Å². The maximum Gasteiger partial charge on any atom is 0.247 e. The molecule has 0 atom stereocenters. The second kappa shape index (κ2) is 11.6. The van der Waals surface area contributed by atoms with Crippen LogP contribution in [0.1, 0.15) is 25.0 Å². The molecular formula is C47H33BS2. The summed E-state index contributed by atoms with van der Waals surface area (Å²) in [7, 11) is 0. The Morgan fingerprint density at radius 1 is 0.400 bits per heavy atom. The number of benzene rings is 8. The lowest BCUT2D eigenvalue weighted by molar-refractivity contribution is 0.641. The van der Waals surface area contributed by atoms with Gasteiger partial charge in [-0.25, -0.2) is 0 Å². The summed E-state index contributed by atoms with van der Waals surface area (Å²) in [5.74, 6) is 0. The largest absolute Gasteiger partial charge is 0.247 e. The molecule has 2 heterocycles. The summed E-state index contributed by atoms with van der Waals surface area (Å²) in [6, 6.07) is 61.1. The van der Waals surface area contributed by atoms with E-state index in [2.05, 4.69) is 178 Å². The highest BCUT2D eigenvalue weighted by molar-refractivity contribution is 8.01. The third kappa shape index (κ3) is 4.57. The molecule has 2 aliphatic rings. The minimum Gasteiger partial charge on any atom is -0.0911 e. The van der Waals surface area contributed by atoms with E-state index in [-0.39, 0.29) is 12.1 Å². The molecular weight excluding hydrogens is 639 g/mol. The zero-order valence-electron chi connectivity index (χ0n) is 28.0. The standard InChI is InChI=1S/C47H33BS2/c1-47(2,32-17-7-4-8-18-32)33-25-26-41-39(29-33)48-38-23-13-14-24-40(38)49-42-27-31(28-43(50-41)46(42)48)45-36-21-11-9-19-34(36)44(30-15-5-3-6-16-30)35-20-10-12-22-37(35)45/h3-29H,1-2H3. The van der Waals surface area contributed by atoms with Crippen LogP contribution in [0, 0.1) is 0 Å². The molecule has 3 heteroatoms. The van der Waals surface area contributed by atoms with Crippen LogP contribution in [-0.2, 0) is 5.41 Å². The molecule has 0 aliphatic carbocycles. The van der Waals surface area contributed by atoms with Crippen LogP contribution in [0.3, 0.4) is 0 Å². The van der Waals surface area contributed by atoms with E-state index >= 15 is 0 Å². The Morgan fingerprint density at radius 3 is 1.52 bits per heavy atom. The molecule has 10 rings (SSSR count). The Bertz CT molecular complexity index is 2550. The van der Waals surface area contributed by atoms with Gasteiger partial charge in [0.1, 0.15) is 0 Å². The summed E-state index contributed by atoms with van der Waals surface area (Å²) in [5, 5.41) is 5.18. The summed E-state index contributed by atoms with van der Waals surface area (Å²) in [6.45, 7) is 4.91. The molecule has 8 aromatic rings. The Hall–Kier alpha value is -4.96. The summed E-state index contributed by atoms with van der Waals surface area (Å²) in [6.07, 6.45) is 0. The Balaban J connectivity index is 1.21. The monoisotopic (exact) mass is 672 g/mol. The van der Waals surface area contributed by atoms with E-state index in [0.29, 0.717) is 0 Å². The second-order valence-corrected chi connectivity index (χ2v) is 16.2. The zero-order chi connectivity index (χ0) is 33.4. The van der Waals surface area contributed by atoms with Crippen LogP contribution in [0.4, 0.5) is 0 Å². The summed E-state index contributed by atoms with van der Waals surface area (Å²) >= 11 is 3.88. The van der Waals surface area contributed by atoms with E-state index in [9.17, 15) is 0 Å². The van der Waals surface area contributed by atoms with E-state index in [0.717, 1.165) is 0 Å². The molecule has 50 heavy (non-hydrogen) atoms. The molecule has 0 saturated carbocycles. The van der Waals surface area contributed by atoms with Crippen molar-refractivity contribution >= 4 is 68.2 Å². The quantitative estimate of drug-likeness (QED) is 0.135. The average molecular weight is 673 g/mol. The molecule has 0 saturated heterocycles. The van der Waals surface area contributed by atoms with Gasteiger partial charge in [-0.3, -0.25) is 0 Å². The summed E-state index contributed by atoms with van der Waals surface area (Å²) in [5.41, 5.74) is 12.1. The molecule has 0 N–H and O–H groups in total. The van der Waals surface area contributed by atoms with Crippen molar-refractivity contribution in [2.24, 2.45) is 0 Å². The van der Waals surface area contributed by atoms with Gasteiger partial charge in [0.15, 0.2) is 0 Å². The average Bonchev–Trinajstić information content (AvgIpc) is 3.17. The van der Waals surface area contributed by atoms with E-state index in [1.54, 1.807) is 0 Å². The molecule has 0 nitrogen and oxygen atoms in total. The van der Waals surface area contributed by atoms with Crippen molar-refractivity contribution < 1.29 is 0 Å². The van der Waals surface area contributed by atoms with Crippen LogP contribution < -0.4 is 16.4 Å². The molecule has 0 amide bonds. The van der Waals surface area contributed by atoms with Crippen molar-refractivity contribution in [2.45, 2.75) is 38.8 Å². The third-order valence-electron chi connectivity index (χ3n) is 10.9. The van der Waals surface area contributed by atoms with E-state index in [1.807, 2.05) is 23.5 Å². The second-order valence-electron chi connectivity index (χ2n) is 14.0. The predicted octanol–water partition coefficient (Wildman–Crippen LogP) is 11.1.